The molecule has 28 heavy (non-hydrogen) atoms. The number of benzene rings is 1. The minimum atomic E-state index is -2.99. The Labute approximate surface area is 169 Å². The van der Waals surface area contributed by atoms with Crippen LogP contribution in [0.2, 0.25) is 0 Å². The molecule has 1 aromatic carbocycles. The van der Waals surface area contributed by atoms with Gasteiger partial charge in [0, 0.05) is 18.3 Å². The Hall–Kier alpha value is -1.60. The smallest absolute Gasteiger partial charge is 0.280 e. The highest BCUT2D eigenvalue weighted by Crippen LogP contribution is 2.22. The van der Waals surface area contributed by atoms with E-state index in [0.717, 1.165) is 26.2 Å². The minimum Gasteiger partial charge on any atom is -0.360 e. The number of carbonyl (C=O) groups excluding carboxylic acids is 1. The summed E-state index contributed by atoms with van der Waals surface area (Å²) < 4.78 is 23.7. The zero-order valence-corrected chi connectivity index (χ0v) is 18.4. The van der Waals surface area contributed by atoms with E-state index in [0.29, 0.717) is 13.0 Å². The molecule has 2 heterocycles. The molecule has 2 aliphatic heterocycles. The summed E-state index contributed by atoms with van der Waals surface area (Å²) >= 11 is 0. The number of likely N-dealkylation sites (N-methyl/N-ethyl adjacent to an activating group) is 1. The third-order valence-corrected chi connectivity index (χ3v) is 8.33. The molecule has 2 saturated heterocycles. The summed E-state index contributed by atoms with van der Waals surface area (Å²) in [6.07, 6.45) is 0.574. The van der Waals surface area contributed by atoms with Gasteiger partial charge >= 0.3 is 0 Å². The van der Waals surface area contributed by atoms with Crippen molar-refractivity contribution >= 4 is 21.4 Å². The summed E-state index contributed by atoms with van der Waals surface area (Å²) in [5.41, 5.74) is 3.93. The van der Waals surface area contributed by atoms with Gasteiger partial charge in [0.05, 0.1) is 37.7 Å². The van der Waals surface area contributed by atoms with Crippen LogP contribution >= 0.6 is 0 Å². The van der Waals surface area contributed by atoms with Crippen LogP contribution in [0.3, 0.4) is 0 Å². The van der Waals surface area contributed by atoms with E-state index >= 15 is 0 Å². The maximum atomic E-state index is 13.1. The number of quaternary nitrogens is 1. The molecule has 2 fully saturated rings. The second-order valence-electron chi connectivity index (χ2n) is 8.27. The number of nitrogens with one attached hydrogen (secondary N) is 1. The first-order valence-corrected chi connectivity index (χ1v) is 12.2. The number of carbonyl (C=O) groups is 1. The number of aryl methyl sites for hydroxylation is 1. The van der Waals surface area contributed by atoms with Crippen LogP contribution in [0, 0.1) is 13.8 Å². The lowest BCUT2D eigenvalue weighted by Gasteiger charge is -2.38. The third-order valence-electron chi connectivity index (χ3n) is 6.58. The molecule has 1 aromatic rings. The average molecular weight is 409 g/mol. The summed E-state index contributed by atoms with van der Waals surface area (Å²) in [5, 5.41) is 0. The number of hydrogen-bond donors (Lipinski definition) is 1. The number of nitrogens with zero attached hydrogens (tertiary/aromatic N) is 2. The lowest BCUT2D eigenvalue weighted by molar-refractivity contribution is -0.915. The Morgan fingerprint density at radius 1 is 1.29 bits per heavy atom. The second-order valence-corrected chi connectivity index (χ2v) is 10.5. The lowest BCUT2D eigenvalue weighted by atomic mass is 10.1. The molecule has 1 N–H and O–H groups in total. The molecule has 2 atom stereocenters. The molecule has 0 aromatic heterocycles. The Balaban J connectivity index is 1.62. The molecular weight excluding hydrogens is 374 g/mol. The summed E-state index contributed by atoms with van der Waals surface area (Å²) in [4.78, 5) is 18.6. The maximum absolute atomic E-state index is 13.1. The molecule has 156 valence electrons. The maximum Gasteiger partial charge on any atom is 0.280 e. The summed E-state index contributed by atoms with van der Waals surface area (Å²) in [7, 11) is -2.99. The Morgan fingerprint density at radius 3 is 2.54 bits per heavy atom. The third kappa shape index (κ3) is 4.35. The van der Waals surface area contributed by atoms with Crippen LogP contribution in [0.25, 0.3) is 0 Å². The second kappa shape index (κ2) is 8.41. The first-order chi connectivity index (χ1) is 13.2. The van der Waals surface area contributed by atoms with Crippen LogP contribution in [0.15, 0.2) is 18.2 Å². The number of anilines is 1. The van der Waals surface area contributed by atoms with E-state index in [4.69, 9.17) is 0 Å². The molecule has 0 spiro atoms. The largest absolute Gasteiger partial charge is 0.360 e. The van der Waals surface area contributed by atoms with Gasteiger partial charge in [-0.15, -0.1) is 0 Å². The Kier molecular flexibility index (Phi) is 6.34. The van der Waals surface area contributed by atoms with Crippen molar-refractivity contribution in [2.45, 2.75) is 46.2 Å². The predicted molar refractivity (Wildman–Crippen MR) is 113 cm³/mol. The van der Waals surface area contributed by atoms with E-state index in [9.17, 15) is 13.2 Å². The van der Waals surface area contributed by atoms with Gasteiger partial charge in [-0.3, -0.25) is 4.79 Å². The van der Waals surface area contributed by atoms with Gasteiger partial charge in [0.1, 0.15) is 0 Å². The van der Waals surface area contributed by atoms with Crippen LogP contribution < -0.4 is 9.80 Å². The highest BCUT2D eigenvalue weighted by atomic mass is 32.2. The van der Waals surface area contributed by atoms with E-state index in [2.05, 4.69) is 36.9 Å². The fraction of sp³-hybridized carbons (Fsp3) is 0.667. The Morgan fingerprint density at radius 2 is 1.96 bits per heavy atom. The van der Waals surface area contributed by atoms with Crippen molar-refractivity contribution in [1.82, 2.24) is 4.90 Å². The molecule has 0 unspecified atom stereocenters. The fourth-order valence-electron chi connectivity index (χ4n) is 4.58. The summed E-state index contributed by atoms with van der Waals surface area (Å²) in [5.74, 6) is 0.423. The number of rotatable bonds is 5. The fourth-order valence-corrected chi connectivity index (χ4v) is 6.32. The first kappa shape index (κ1) is 21.1. The van der Waals surface area contributed by atoms with E-state index in [1.807, 2.05) is 13.8 Å². The molecule has 3 rings (SSSR count). The molecule has 0 radical (unpaired) electrons. The van der Waals surface area contributed by atoms with Crippen LogP contribution in [-0.2, 0) is 14.6 Å². The monoisotopic (exact) mass is 408 g/mol. The number of hydrogen-bond acceptors (Lipinski definition) is 4. The zero-order chi connectivity index (χ0) is 20.5. The Bertz CT molecular complexity index is 816. The van der Waals surface area contributed by atoms with Crippen molar-refractivity contribution in [3.05, 3.63) is 29.3 Å². The zero-order valence-electron chi connectivity index (χ0n) is 17.6. The van der Waals surface area contributed by atoms with Crippen LogP contribution in [0.1, 0.15) is 31.4 Å². The van der Waals surface area contributed by atoms with Gasteiger partial charge < -0.3 is 14.7 Å². The van der Waals surface area contributed by atoms with Crippen molar-refractivity contribution in [3.8, 4) is 0 Å². The highest BCUT2D eigenvalue weighted by Gasteiger charge is 2.38. The van der Waals surface area contributed by atoms with Crippen LogP contribution in [0.4, 0.5) is 5.69 Å². The standard InChI is InChI=1S/C21H33N3O3S/c1-5-24(19-9-14-28(26,27)15-19)21(25)18(4)22-10-12-23(13-11-22)20-8-6-7-16(2)17(20)3/h6-8,18-19H,5,9-15H2,1-4H3/p+1/t18-,19-/m1/s1. The minimum absolute atomic E-state index is 0.0970. The molecule has 1 amide bonds. The summed E-state index contributed by atoms with van der Waals surface area (Å²) in [6, 6.07) is 6.15. The van der Waals surface area contributed by atoms with E-state index in [-0.39, 0.29) is 29.5 Å². The summed E-state index contributed by atoms with van der Waals surface area (Å²) in [6.45, 7) is 12.5. The number of piperazine rings is 1. The van der Waals surface area contributed by atoms with Gasteiger partial charge in [0.15, 0.2) is 15.9 Å². The van der Waals surface area contributed by atoms with Gasteiger partial charge in [-0.05, 0) is 51.3 Å². The topological polar surface area (TPSA) is 62.1 Å². The van der Waals surface area contributed by atoms with E-state index in [1.165, 1.54) is 21.7 Å². The lowest BCUT2D eigenvalue weighted by Crippen LogP contribution is -3.19. The molecule has 2 aliphatic rings. The molecule has 0 bridgehead atoms. The molecule has 0 saturated carbocycles. The quantitative estimate of drug-likeness (QED) is 0.768. The predicted octanol–water partition coefficient (Wildman–Crippen LogP) is 0.432. The van der Waals surface area contributed by atoms with Crippen molar-refractivity contribution in [2.75, 3.05) is 49.1 Å². The number of amides is 1. The molecular formula is C21H34N3O3S+. The normalized spacial score (nSPS) is 23.6. The van der Waals surface area contributed by atoms with Crippen molar-refractivity contribution in [1.29, 1.82) is 0 Å². The van der Waals surface area contributed by atoms with Gasteiger partial charge in [0.2, 0.25) is 0 Å². The van der Waals surface area contributed by atoms with Crippen molar-refractivity contribution < 1.29 is 18.1 Å². The average Bonchev–Trinajstić information content (AvgIpc) is 3.03. The highest BCUT2D eigenvalue weighted by molar-refractivity contribution is 7.91. The van der Waals surface area contributed by atoms with E-state index in [1.54, 1.807) is 4.90 Å². The van der Waals surface area contributed by atoms with E-state index < -0.39 is 9.84 Å². The van der Waals surface area contributed by atoms with Crippen molar-refractivity contribution in [3.63, 3.8) is 0 Å². The van der Waals surface area contributed by atoms with Gasteiger partial charge in [-0.2, -0.15) is 0 Å². The van der Waals surface area contributed by atoms with Gasteiger partial charge in [-0.1, -0.05) is 12.1 Å². The molecule has 0 aliphatic carbocycles. The van der Waals surface area contributed by atoms with Crippen molar-refractivity contribution in [2.24, 2.45) is 0 Å². The molecule has 7 heteroatoms. The number of sulfone groups is 1. The SMILES string of the molecule is CCN(C(=O)[C@@H](C)[NH+]1CCN(c2cccc(C)c2C)CC1)[C@@H]1CCS(=O)(=O)C1. The van der Waals surface area contributed by atoms with Crippen LogP contribution in [0.5, 0.6) is 0 Å². The van der Waals surface area contributed by atoms with Gasteiger partial charge in [-0.25, -0.2) is 8.42 Å². The molecule has 6 nitrogen and oxygen atoms in total. The van der Waals surface area contributed by atoms with Gasteiger partial charge in [0.25, 0.3) is 5.91 Å². The first-order valence-electron chi connectivity index (χ1n) is 10.4. The van der Waals surface area contributed by atoms with Crippen LogP contribution in [-0.4, -0.2) is 75.5 Å².